The van der Waals surface area contributed by atoms with Crippen LogP contribution in [0.1, 0.15) is 30.4 Å². The molecule has 2 heterocycles. The number of hydrogen-bond acceptors (Lipinski definition) is 6. The monoisotopic (exact) mass is 484 g/mol. The summed E-state index contributed by atoms with van der Waals surface area (Å²) in [6, 6.07) is 12.0. The molecule has 7 nitrogen and oxygen atoms in total. The van der Waals surface area contributed by atoms with Gasteiger partial charge in [-0.05, 0) is 81.2 Å². The van der Waals surface area contributed by atoms with Crippen molar-refractivity contribution in [3.8, 4) is 5.75 Å². The minimum Gasteiger partial charge on any atom is -0.489 e. The van der Waals surface area contributed by atoms with Gasteiger partial charge in [0.2, 0.25) is 0 Å². The number of anilines is 1. The number of hydrogen-bond donors (Lipinski definition) is 1. The number of piperidine rings is 1. The molecule has 1 aliphatic rings. The maximum Gasteiger partial charge on any atom is 0.412 e. The van der Waals surface area contributed by atoms with Crippen molar-refractivity contribution in [3.05, 3.63) is 69.0 Å². The number of aryl methyl sites for hydroxylation is 2. The molecule has 0 unspecified atom stereocenters. The van der Waals surface area contributed by atoms with Crippen LogP contribution in [0.25, 0.3) is 11.0 Å². The molecular weight excluding hydrogens is 456 g/mol. The lowest BCUT2D eigenvalue weighted by Crippen LogP contribution is -2.41. The zero-order valence-electron chi connectivity index (χ0n) is 19.4. The molecule has 34 heavy (non-hydrogen) atoms. The smallest absolute Gasteiger partial charge is 0.412 e. The Morgan fingerprint density at radius 1 is 1.12 bits per heavy atom. The van der Waals surface area contributed by atoms with Gasteiger partial charge in [-0.15, -0.1) is 0 Å². The van der Waals surface area contributed by atoms with E-state index in [2.05, 4.69) is 10.2 Å². The van der Waals surface area contributed by atoms with Crippen LogP contribution in [0.15, 0.2) is 51.7 Å². The maximum absolute atomic E-state index is 12.6. The van der Waals surface area contributed by atoms with E-state index in [9.17, 15) is 9.59 Å². The first-order valence-electron chi connectivity index (χ1n) is 11.5. The lowest BCUT2D eigenvalue weighted by atomic mass is 10.1. The van der Waals surface area contributed by atoms with Crippen LogP contribution in [-0.2, 0) is 4.74 Å². The van der Waals surface area contributed by atoms with Crippen LogP contribution in [-0.4, -0.2) is 43.3 Å². The minimum atomic E-state index is -0.555. The van der Waals surface area contributed by atoms with Crippen molar-refractivity contribution in [2.45, 2.75) is 39.2 Å². The molecule has 1 saturated heterocycles. The molecule has 1 fully saturated rings. The highest BCUT2D eigenvalue weighted by Gasteiger charge is 2.22. The van der Waals surface area contributed by atoms with Crippen LogP contribution >= 0.6 is 11.6 Å². The zero-order valence-corrected chi connectivity index (χ0v) is 20.2. The highest BCUT2D eigenvalue weighted by atomic mass is 35.5. The molecule has 3 aromatic rings. The van der Waals surface area contributed by atoms with Gasteiger partial charge in [-0.2, -0.15) is 0 Å². The van der Waals surface area contributed by atoms with Crippen LogP contribution in [0, 0.1) is 13.8 Å². The molecule has 1 atom stereocenters. The predicted octanol–water partition coefficient (Wildman–Crippen LogP) is 5.55. The number of nitrogens with one attached hydrogen (secondary N) is 1. The first kappa shape index (κ1) is 24.1. The van der Waals surface area contributed by atoms with Crippen molar-refractivity contribution in [2.75, 3.05) is 31.6 Å². The summed E-state index contributed by atoms with van der Waals surface area (Å²) in [7, 11) is 0. The van der Waals surface area contributed by atoms with Gasteiger partial charge in [0.05, 0.1) is 0 Å². The molecule has 4 rings (SSSR count). The van der Waals surface area contributed by atoms with Crippen molar-refractivity contribution < 1.29 is 18.7 Å². The Morgan fingerprint density at radius 3 is 2.68 bits per heavy atom. The number of amides is 1. The van der Waals surface area contributed by atoms with E-state index in [1.165, 1.54) is 12.5 Å². The number of ether oxygens (including phenoxy) is 2. The first-order chi connectivity index (χ1) is 16.4. The standard InChI is InChI=1S/C26H29ClN2O5/c1-17-12-25(30)34-24-11-18(2)23(14-22(17)24)32-16-21(15-29-9-4-3-5-10-29)33-26(31)28-20-8-6-7-19(27)13-20/h6-8,11-14,21H,3-5,9-10,15-16H2,1-2H3,(H,28,31)/t21-/m0/s1. The number of rotatable bonds is 7. The summed E-state index contributed by atoms with van der Waals surface area (Å²) < 4.78 is 17.2. The minimum absolute atomic E-state index is 0.196. The molecule has 0 saturated carbocycles. The summed E-state index contributed by atoms with van der Waals surface area (Å²) in [5, 5.41) is 4.08. The van der Waals surface area contributed by atoms with Gasteiger partial charge in [0.1, 0.15) is 17.9 Å². The molecule has 0 radical (unpaired) electrons. The highest BCUT2D eigenvalue weighted by Crippen LogP contribution is 2.27. The number of fused-ring (bicyclic) bond motifs is 1. The van der Waals surface area contributed by atoms with Crippen molar-refractivity contribution in [2.24, 2.45) is 0 Å². The van der Waals surface area contributed by atoms with E-state index >= 15 is 0 Å². The number of likely N-dealkylation sites (tertiary alicyclic amines) is 1. The van der Waals surface area contributed by atoms with Crippen molar-refractivity contribution in [3.63, 3.8) is 0 Å². The Hall–Kier alpha value is -3.03. The molecule has 8 heteroatoms. The molecule has 0 spiro atoms. The fourth-order valence-electron chi connectivity index (χ4n) is 4.20. The van der Waals surface area contributed by atoms with E-state index in [1.54, 1.807) is 30.3 Å². The molecular formula is C26H29ClN2O5. The summed E-state index contributed by atoms with van der Waals surface area (Å²) in [5.74, 6) is 0.659. The quantitative estimate of drug-likeness (QED) is 0.443. The summed E-state index contributed by atoms with van der Waals surface area (Å²) in [6.07, 6.45) is 2.47. The Morgan fingerprint density at radius 2 is 1.91 bits per heavy atom. The third kappa shape index (κ3) is 6.30. The number of carbonyl (C=O) groups is 1. The molecule has 0 bridgehead atoms. The van der Waals surface area contributed by atoms with E-state index in [1.807, 2.05) is 19.9 Å². The molecule has 1 aliphatic heterocycles. The van der Waals surface area contributed by atoms with Gasteiger partial charge >= 0.3 is 11.7 Å². The second-order valence-corrected chi connectivity index (χ2v) is 9.13. The van der Waals surface area contributed by atoms with Gasteiger partial charge in [-0.1, -0.05) is 24.1 Å². The van der Waals surface area contributed by atoms with Crippen LogP contribution in [0.3, 0.4) is 0 Å². The van der Waals surface area contributed by atoms with Crippen LogP contribution in [0.5, 0.6) is 5.75 Å². The Kier molecular flexibility index (Phi) is 7.75. The Labute approximate surface area is 203 Å². The molecule has 0 aliphatic carbocycles. The van der Waals surface area contributed by atoms with Gasteiger partial charge in [0, 0.05) is 28.7 Å². The average Bonchev–Trinajstić information content (AvgIpc) is 2.78. The van der Waals surface area contributed by atoms with Crippen molar-refractivity contribution in [1.82, 2.24) is 4.90 Å². The summed E-state index contributed by atoms with van der Waals surface area (Å²) >= 11 is 6.01. The highest BCUT2D eigenvalue weighted by molar-refractivity contribution is 6.30. The number of nitrogens with zero attached hydrogens (tertiary/aromatic N) is 1. The van der Waals surface area contributed by atoms with Crippen LogP contribution in [0.2, 0.25) is 5.02 Å². The average molecular weight is 485 g/mol. The molecule has 1 aromatic heterocycles. The second kappa shape index (κ2) is 10.9. The van der Waals surface area contributed by atoms with Gasteiger partial charge in [-0.25, -0.2) is 9.59 Å². The summed E-state index contributed by atoms with van der Waals surface area (Å²) in [5.41, 5.74) is 2.37. The summed E-state index contributed by atoms with van der Waals surface area (Å²) in [6.45, 7) is 6.49. The van der Waals surface area contributed by atoms with Crippen LogP contribution in [0.4, 0.5) is 10.5 Å². The number of carbonyl (C=O) groups excluding carboxylic acids is 1. The third-order valence-corrected chi connectivity index (χ3v) is 6.16. The summed E-state index contributed by atoms with van der Waals surface area (Å²) in [4.78, 5) is 26.6. The van der Waals surface area contributed by atoms with E-state index in [4.69, 9.17) is 25.5 Å². The van der Waals surface area contributed by atoms with E-state index in [0.29, 0.717) is 28.6 Å². The lowest BCUT2D eigenvalue weighted by molar-refractivity contribution is 0.0433. The Balaban J connectivity index is 1.48. The van der Waals surface area contributed by atoms with E-state index in [0.717, 1.165) is 42.4 Å². The van der Waals surface area contributed by atoms with Gasteiger partial charge in [0.25, 0.3) is 0 Å². The largest absolute Gasteiger partial charge is 0.489 e. The fraction of sp³-hybridized carbons (Fsp3) is 0.385. The van der Waals surface area contributed by atoms with Crippen molar-refractivity contribution in [1.29, 1.82) is 0 Å². The Bertz CT molecular complexity index is 1220. The second-order valence-electron chi connectivity index (χ2n) is 8.70. The van der Waals surface area contributed by atoms with Crippen molar-refractivity contribution >= 4 is 34.4 Å². The first-order valence-corrected chi connectivity index (χ1v) is 11.9. The molecule has 180 valence electrons. The van der Waals surface area contributed by atoms with Crippen LogP contribution < -0.4 is 15.7 Å². The lowest BCUT2D eigenvalue weighted by Gasteiger charge is -2.30. The third-order valence-electron chi connectivity index (χ3n) is 5.93. The molecule has 2 aromatic carbocycles. The topological polar surface area (TPSA) is 81.0 Å². The maximum atomic E-state index is 12.6. The van der Waals surface area contributed by atoms with Gasteiger partial charge < -0.3 is 13.9 Å². The van der Waals surface area contributed by atoms with E-state index in [-0.39, 0.29) is 12.2 Å². The van der Waals surface area contributed by atoms with Gasteiger partial charge in [-0.3, -0.25) is 10.2 Å². The predicted molar refractivity (Wildman–Crippen MR) is 133 cm³/mol. The number of benzene rings is 2. The van der Waals surface area contributed by atoms with Gasteiger partial charge in [0.15, 0.2) is 6.10 Å². The molecule has 1 N–H and O–H groups in total. The zero-order chi connectivity index (χ0) is 24.1. The van der Waals surface area contributed by atoms with E-state index < -0.39 is 12.2 Å². The fourth-order valence-corrected chi connectivity index (χ4v) is 4.39. The number of halogens is 1. The normalized spacial score (nSPS) is 15.1. The molecule has 1 amide bonds. The SMILES string of the molecule is Cc1cc2oc(=O)cc(C)c2cc1OC[C@H](CN1CCCCC1)OC(=O)Nc1cccc(Cl)c1.